The van der Waals surface area contributed by atoms with Crippen molar-refractivity contribution in [2.24, 2.45) is 0 Å². The Bertz CT molecular complexity index is 1790. The molecule has 2 aliphatic rings. The highest BCUT2D eigenvalue weighted by Gasteiger charge is 2.61. The van der Waals surface area contributed by atoms with Gasteiger partial charge in [-0.25, -0.2) is 19.3 Å². The Morgan fingerprint density at radius 1 is 1.19 bits per heavy atom. The van der Waals surface area contributed by atoms with E-state index in [1.54, 1.807) is 0 Å². The van der Waals surface area contributed by atoms with Gasteiger partial charge in [0.15, 0.2) is 46.6 Å². The number of fused-ring (bicyclic) bond motifs is 2. The molecule has 8 N–H and O–H groups in total. The van der Waals surface area contributed by atoms with Crippen molar-refractivity contribution >= 4 is 52.6 Å². The van der Waals surface area contributed by atoms with Crippen molar-refractivity contribution < 1.29 is 46.8 Å². The zero-order valence-corrected chi connectivity index (χ0v) is 22.9. The van der Waals surface area contributed by atoms with E-state index < -0.39 is 74.5 Å². The number of nitrogen functional groups attached to an aromatic ring is 2. The van der Waals surface area contributed by atoms with Crippen molar-refractivity contribution in [1.29, 1.82) is 0 Å². The lowest BCUT2D eigenvalue weighted by Crippen LogP contribution is -2.40. The highest BCUT2D eigenvalue weighted by atomic mass is 32.5. The van der Waals surface area contributed by atoms with Gasteiger partial charge in [-0.15, -0.1) is 5.10 Å². The number of aromatic amines is 1. The molecule has 0 aromatic carbocycles. The van der Waals surface area contributed by atoms with Gasteiger partial charge in [0.25, 0.3) is 5.56 Å². The molecule has 4 aromatic rings. The Labute approximate surface area is 240 Å². The molecule has 0 bridgehead atoms. The van der Waals surface area contributed by atoms with E-state index in [0.29, 0.717) is 4.68 Å². The second kappa shape index (κ2) is 10.6. The van der Waals surface area contributed by atoms with Crippen LogP contribution in [-0.4, -0.2) is 109 Å². The van der Waals surface area contributed by atoms with Gasteiger partial charge >= 0.3 is 12.6 Å². The third kappa shape index (κ3) is 5.01. The maximum Gasteiger partial charge on any atom is 0.325 e. The number of ether oxygens (including phenoxy) is 2. The van der Waals surface area contributed by atoms with E-state index in [1.165, 1.54) is 0 Å². The van der Waals surface area contributed by atoms with Crippen LogP contribution in [0.2, 0.25) is 0 Å². The SMILES string of the molecule is Nc1nc2c(ncn2[C@@H]2O[C@H](CO)[C@@H](F)[C@H]2OP(O)(=S)OC[C@H]2OC(n3nnc4c(N)ncnc43)C(F)(F)[C@@H]2O)c(=O)[nH]1. The molecular formula is C19H21F3N11O8PS. The minimum atomic E-state index is -4.50. The van der Waals surface area contributed by atoms with Gasteiger partial charge in [0.1, 0.15) is 24.6 Å². The molecule has 43 heavy (non-hydrogen) atoms. The van der Waals surface area contributed by atoms with Gasteiger partial charge < -0.3 is 40.6 Å². The molecule has 6 heterocycles. The van der Waals surface area contributed by atoms with Crippen molar-refractivity contribution in [3.05, 3.63) is 23.0 Å². The number of nitrogens with one attached hydrogen (secondary N) is 1. The summed E-state index contributed by atoms with van der Waals surface area (Å²) < 4.78 is 68.5. The Kier molecular flexibility index (Phi) is 7.34. The minimum Gasteiger partial charge on any atom is -0.394 e. The first kappa shape index (κ1) is 29.7. The largest absolute Gasteiger partial charge is 0.394 e. The standard InChI is InChI=1S/C19H21F3N11O8PS/c20-7-5(1-34)39-16(32-4-27-9-14(32)28-18(24)29-15(9)36)10(7)41-42(37,43)38-2-6-11(35)19(21,22)17(40-6)33-13-8(30-31-33)12(23)25-3-26-13/h3-7,10-11,16-17,34-35H,1-2H2,(H,37,43)(H2,23,25,26)(H3,24,28,29,36)/t5-,6-,7-,10-,11-,16-,17?,42?/m1/s1. The van der Waals surface area contributed by atoms with E-state index in [-0.39, 0.29) is 34.1 Å². The van der Waals surface area contributed by atoms with Gasteiger partial charge in [0, 0.05) is 0 Å². The van der Waals surface area contributed by atoms with Crippen molar-refractivity contribution in [1.82, 2.24) is 44.5 Å². The van der Waals surface area contributed by atoms with Crippen LogP contribution >= 0.6 is 6.72 Å². The number of hydrogen-bond acceptors (Lipinski definition) is 16. The number of aliphatic hydroxyl groups excluding tert-OH is 2. The topological polar surface area (TPSA) is 270 Å². The number of halogens is 3. The second-order valence-electron chi connectivity index (χ2n) is 9.41. The van der Waals surface area contributed by atoms with E-state index in [4.69, 9.17) is 41.8 Å². The highest BCUT2D eigenvalue weighted by Crippen LogP contribution is 2.51. The maximum absolute atomic E-state index is 15.3. The van der Waals surface area contributed by atoms with Crippen LogP contribution in [0.3, 0.4) is 0 Å². The molecule has 0 saturated carbocycles. The number of imidazole rings is 1. The summed E-state index contributed by atoms with van der Waals surface area (Å²) in [5, 5.41) is 27.2. The number of aromatic nitrogens is 9. The molecule has 0 aliphatic carbocycles. The summed E-state index contributed by atoms with van der Waals surface area (Å²) in [6, 6.07) is 0. The van der Waals surface area contributed by atoms with Crippen molar-refractivity contribution in [2.75, 3.05) is 24.7 Å². The summed E-state index contributed by atoms with van der Waals surface area (Å²) in [4.78, 5) is 40.6. The predicted molar refractivity (Wildman–Crippen MR) is 138 cm³/mol. The average molecular weight is 651 g/mol. The van der Waals surface area contributed by atoms with Gasteiger partial charge in [-0.2, -0.15) is 18.4 Å². The molecule has 2 aliphatic heterocycles. The Hall–Kier alpha value is -3.41. The number of aliphatic hydroxyl groups is 2. The number of anilines is 2. The Morgan fingerprint density at radius 2 is 1.95 bits per heavy atom. The van der Waals surface area contributed by atoms with Crippen LogP contribution in [-0.2, 0) is 30.3 Å². The molecule has 8 atom stereocenters. The predicted octanol–water partition coefficient (Wildman–Crippen LogP) is -1.74. The molecule has 2 fully saturated rings. The molecule has 4 aromatic heterocycles. The Balaban J connectivity index is 1.21. The van der Waals surface area contributed by atoms with E-state index >= 15 is 13.2 Å². The molecule has 6 rings (SSSR count). The highest BCUT2D eigenvalue weighted by molar-refractivity contribution is 8.07. The first-order chi connectivity index (χ1) is 20.3. The van der Waals surface area contributed by atoms with Crippen molar-refractivity contribution in [3.63, 3.8) is 0 Å². The van der Waals surface area contributed by atoms with Gasteiger partial charge in [0.05, 0.1) is 19.5 Å². The fourth-order valence-electron chi connectivity index (χ4n) is 4.67. The molecule has 24 heteroatoms. The van der Waals surface area contributed by atoms with Crippen molar-refractivity contribution in [3.8, 4) is 0 Å². The number of rotatable bonds is 8. The van der Waals surface area contributed by atoms with Crippen molar-refractivity contribution in [2.45, 2.75) is 49.0 Å². The number of H-pyrrole nitrogens is 1. The van der Waals surface area contributed by atoms with E-state index in [9.17, 15) is 19.9 Å². The molecule has 19 nitrogen and oxygen atoms in total. The summed E-state index contributed by atoms with van der Waals surface area (Å²) in [5.74, 6) is -4.39. The maximum atomic E-state index is 15.3. The summed E-state index contributed by atoms with van der Waals surface area (Å²) >= 11 is 4.98. The zero-order chi connectivity index (χ0) is 30.8. The van der Waals surface area contributed by atoms with Crippen LogP contribution < -0.4 is 17.0 Å². The number of alkyl halides is 3. The monoisotopic (exact) mass is 651 g/mol. The van der Waals surface area contributed by atoms with Crippen LogP contribution in [0.1, 0.15) is 12.5 Å². The lowest BCUT2D eigenvalue weighted by atomic mass is 10.1. The first-order valence-corrected chi connectivity index (χ1v) is 14.7. The summed E-state index contributed by atoms with van der Waals surface area (Å²) in [7, 11) is 0. The van der Waals surface area contributed by atoms with Gasteiger partial charge in [-0.3, -0.25) is 18.9 Å². The van der Waals surface area contributed by atoms with Crippen LogP contribution in [0.5, 0.6) is 0 Å². The minimum absolute atomic E-state index is 0.0844. The molecular weight excluding hydrogens is 630 g/mol. The second-order valence-corrected chi connectivity index (χ2v) is 12.2. The Morgan fingerprint density at radius 3 is 2.70 bits per heavy atom. The summed E-state index contributed by atoms with van der Waals surface area (Å²) in [6.45, 7) is -6.26. The molecule has 2 unspecified atom stereocenters. The first-order valence-electron chi connectivity index (χ1n) is 12.1. The summed E-state index contributed by atoms with van der Waals surface area (Å²) in [5.41, 5.74) is 9.96. The van der Waals surface area contributed by atoms with Crippen LogP contribution in [0, 0.1) is 0 Å². The van der Waals surface area contributed by atoms with E-state index in [1.807, 2.05) is 0 Å². The fourth-order valence-corrected chi connectivity index (χ4v) is 6.08. The molecule has 2 saturated heterocycles. The quantitative estimate of drug-likeness (QED) is 0.115. The van der Waals surface area contributed by atoms with Gasteiger partial charge in [0.2, 0.25) is 12.2 Å². The number of nitrogens with two attached hydrogens (primary N) is 2. The molecule has 232 valence electrons. The van der Waals surface area contributed by atoms with E-state index in [0.717, 1.165) is 17.2 Å². The van der Waals surface area contributed by atoms with Gasteiger partial charge in [-0.05, 0) is 11.8 Å². The normalized spacial score (nSPS) is 30.3. The lowest BCUT2D eigenvalue weighted by Gasteiger charge is -2.26. The molecule has 0 spiro atoms. The smallest absolute Gasteiger partial charge is 0.325 e. The molecule has 0 radical (unpaired) electrons. The fraction of sp³-hybridized carbons (Fsp3) is 0.526. The number of hydrogen-bond donors (Lipinski definition) is 6. The zero-order valence-electron chi connectivity index (χ0n) is 21.2. The van der Waals surface area contributed by atoms with Crippen LogP contribution in [0.25, 0.3) is 22.3 Å². The third-order valence-corrected chi connectivity index (χ3v) is 8.28. The van der Waals surface area contributed by atoms with Crippen LogP contribution in [0.15, 0.2) is 17.4 Å². The average Bonchev–Trinajstić information content (AvgIpc) is 3.68. The molecule has 0 amide bonds. The van der Waals surface area contributed by atoms with E-state index in [2.05, 4.69) is 35.2 Å². The summed E-state index contributed by atoms with van der Waals surface area (Å²) in [6.07, 6.45) is -11.3. The lowest BCUT2D eigenvalue weighted by molar-refractivity contribution is -0.142. The third-order valence-electron chi connectivity index (χ3n) is 6.72. The van der Waals surface area contributed by atoms with Gasteiger partial charge in [-0.1, -0.05) is 5.21 Å². The van der Waals surface area contributed by atoms with Crippen LogP contribution in [0.4, 0.5) is 24.9 Å². The number of nitrogens with zero attached hydrogens (tertiary/aromatic N) is 8.